The Hall–Kier alpha value is -1.39. The van der Waals surface area contributed by atoms with Gasteiger partial charge in [-0.05, 0) is 49.5 Å². The maximum atomic E-state index is 10.8. The van der Waals surface area contributed by atoms with Gasteiger partial charge in [0.25, 0.3) is 0 Å². The fourth-order valence-corrected chi connectivity index (χ4v) is 2.56. The highest BCUT2D eigenvalue weighted by atomic mass is 16.5. The maximum absolute atomic E-state index is 10.8. The summed E-state index contributed by atoms with van der Waals surface area (Å²) < 4.78 is 5.20. The number of rotatable bonds is 5. The van der Waals surface area contributed by atoms with E-state index in [1.165, 1.54) is 18.4 Å². The summed E-state index contributed by atoms with van der Waals surface area (Å²) in [6, 6.07) is 7.17. The van der Waals surface area contributed by atoms with E-state index in [2.05, 4.69) is 4.90 Å². The molecule has 1 aromatic rings. The Labute approximate surface area is 114 Å². The van der Waals surface area contributed by atoms with Crippen LogP contribution in [0.4, 0.5) is 0 Å². The van der Waals surface area contributed by atoms with Crippen LogP contribution < -0.4 is 0 Å². The van der Waals surface area contributed by atoms with Crippen molar-refractivity contribution in [1.82, 2.24) is 4.90 Å². The SMILES string of the molecule is COCC1CCN(Cc2ccc(C(=O)O)cc2)CC1. The summed E-state index contributed by atoms with van der Waals surface area (Å²) in [4.78, 5) is 13.2. The minimum Gasteiger partial charge on any atom is -0.478 e. The van der Waals surface area contributed by atoms with Gasteiger partial charge in [-0.3, -0.25) is 4.90 Å². The number of carboxylic acid groups (broad SMARTS) is 1. The van der Waals surface area contributed by atoms with Gasteiger partial charge >= 0.3 is 5.97 Å². The minimum absolute atomic E-state index is 0.350. The molecule has 0 aromatic heterocycles. The van der Waals surface area contributed by atoms with Gasteiger partial charge < -0.3 is 9.84 Å². The molecule has 0 radical (unpaired) electrons. The minimum atomic E-state index is -0.869. The largest absolute Gasteiger partial charge is 0.478 e. The predicted octanol–water partition coefficient (Wildman–Crippen LogP) is 2.24. The van der Waals surface area contributed by atoms with Crippen molar-refractivity contribution < 1.29 is 14.6 Å². The van der Waals surface area contributed by atoms with Crippen LogP contribution in [0, 0.1) is 5.92 Å². The van der Waals surface area contributed by atoms with Crippen molar-refractivity contribution in [2.45, 2.75) is 19.4 Å². The second-order valence-electron chi connectivity index (χ2n) is 5.18. The lowest BCUT2D eigenvalue weighted by Crippen LogP contribution is -2.34. The molecule has 1 aromatic carbocycles. The number of hydrogen-bond acceptors (Lipinski definition) is 3. The molecule has 0 spiro atoms. The van der Waals surface area contributed by atoms with Gasteiger partial charge in [-0.2, -0.15) is 0 Å². The van der Waals surface area contributed by atoms with Crippen LogP contribution in [0.1, 0.15) is 28.8 Å². The third-order valence-electron chi connectivity index (χ3n) is 3.72. The Morgan fingerprint density at radius 1 is 1.32 bits per heavy atom. The summed E-state index contributed by atoms with van der Waals surface area (Å²) in [5.41, 5.74) is 1.53. The number of carbonyl (C=O) groups is 1. The first-order chi connectivity index (χ1) is 9.19. The maximum Gasteiger partial charge on any atom is 0.335 e. The van der Waals surface area contributed by atoms with Crippen LogP contribution in [0.25, 0.3) is 0 Å². The zero-order valence-corrected chi connectivity index (χ0v) is 11.3. The normalized spacial score (nSPS) is 17.5. The number of ether oxygens (including phenoxy) is 1. The summed E-state index contributed by atoms with van der Waals surface area (Å²) in [7, 11) is 1.76. The molecule has 1 N–H and O–H groups in total. The van der Waals surface area contributed by atoms with E-state index in [4.69, 9.17) is 9.84 Å². The predicted molar refractivity (Wildman–Crippen MR) is 73.3 cm³/mol. The third kappa shape index (κ3) is 4.04. The molecular formula is C15H21NO3. The first-order valence-electron chi connectivity index (χ1n) is 6.72. The van der Waals surface area contributed by atoms with Crippen LogP contribution in [0.5, 0.6) is 0 Å². The molecule has 0 atom stereocenters. The van der Waals surface area contributed by atoms with E-state index in [1.54, 1.807) is 19.2 Å². The fraction of sp³-hybridized carbons (Fsp3) is 0.533. The Morgan fingerprint density at radius 3 is 2.47 bits per heavy atom. The van der Waals surface area contributed by atoms with Crippen molar-refractivity contribution in [3.63, 3.8) is 0 Å². The van der Waals surface area contributed by atoms with Crippen LogP contribution >= 0.6 is 0 Å². The number of aromatic carboxylic acids is 1. The second kappa shape index (κ2) is 6.68. The highest BCUT2D eigenvalue weighted by Gasteiger charge is 2.18. The Kier molecular flexibility index (Phi) is 4.93. The standard InChI is InChI=1S/C15H21NO3/c1-19-11-13-6-8-16(9-7-13)10-12-2-4-14(5-3-12)15(17)18/h2-5,13H,6-11H2,1H3,(H,17,18). The zero-order chi connectivity index (χ0) is 13.7. The number of piperidine rings is 1. The Bertz CT molecular complexity index is 408. The lowest BCUT2D eigenvalue weighted by Gasteiger charge is -2.31. The van der Waals surface area contributed by atoms with Crippen LogP contribution in [-0.4, -0.2) is 42.8 Å². The van der Waals surface area contributed by atoms with Crippen LogP contribution in [-0.2, 0) is 11.3 Å². The third-order valence-corrected chi connectivity index (χ3v) is 3.72. The fourth-order valence-electron chi connectivity index (χ4n) is 2.56. The molecule has 0 amide bonds. The lowest BCUT2D eigenvalue weighted by atomic mass is 9.97. The molecule has 104 valence electrons. The van der Waals surface area contributed by atoms with E-state index < -0.39 is 5.97 Å². The smallest absolute Gasteiger partial charge is 0.335 e. The molecule has 2 rings (SSSR count). The van der Waals surface area contributed by atoms with Crippen LogP contribution in [0.2, 0.25) is 0 Å². The van der Waals surface area contributed by atoms with E-state index in [0.717, 1.165) is 26.2 Å². The number of likely N-dealkylation sites (tertiary alicyclic amines) is 1. The van der Waals surface area contributed by atoms with Crippen LogP contribution in [0.15, 0.2) is 24.3 Å². The van der Waals surface area contributed by atoms with Gasteiger partial charge in [-0.25, -0.2) is 4.79 Å². The van der Waals surface area contributed by atoms with Gasteiger partial charge in [0.15, 0.2) is 0 Å². The number of nitrogens with zero attached hydrogens (tertiary/aromatic N) is 1. The number of methoxy groups -OCH3 is 1. The molecule has 0 bridgehead atoms. The molecule has 1 heterocycles. The molecule has 1 aliphatic rings. The summed E-state index contributed by atoms with van der Waals surface area (Å²) >= 11 is 0. The quantitative estimate of drug-likeness (QED) is 0.885. The molecular weight excluding hydrogens is 242 g/mol. The lowest BCUT2D eigenvalue weighted by molar-refractivity contribution is 0.0697. The van der Waals surface area contributed by atoms with Crippen molar-refractivity contribution in [3.8, 4) is 0 Å². The van der Waals surface area contributed by atoms with Gasteiger partial charge in [-0.1, -0.05) is 12.1 Å². The summed E-state index contributed by atoms with van der Waals surface area (Å²) in [5.74, 6) is -0.178. The van der Waals surface area contributed by atoms with Gasteiger partial charge in [-0.15, -0.1) is 0 Å². The Balaban J connectivity index is 1.83. The van der Waals surface area contributed by atoms with E-state index >= 15 is 0 Å². The van der Waals surface area contributed by atoms with Crippen molar-refractivity contribution in [2.24, 2.45) is 5.92 Å². The summed E-state index contributed by atoms with van der Waals surface area (Å²) in [6.07, 6.45) is 2.36. The highest BCUT2D eigenvalue weighted by molar-refractivity contribution is 5.87. The first kappa shape index (κ1) is 14.0. The van der Waals surface area contributed by atoms with E-state index in [1.807, 2.05) is 12.1 Å². The van der Waals surface area contributed by atoms with Gasteiger partial charge in [0.1, 0.15) is 0 Å². The van der Waals surface area contributed by atoms with E-state index in [0.29, 0.717) is 11.5 Å². The van der Waals surface area contributed by atoms with Gasteiger partial charge in [0.2, 0.25) is 0 Å². The highest BCUT2D eigenvalue weighted by Crippen LogP contribution is 2.19. The van der Waals surface area contributed by atoms with E-state index in [-0.39, 0.29) is 0 Å². The molecule has 1 aliphatic heterocycles. The number of carboxylic acids is 1. The first-order valence-corrected chi connectivity index (χ1v) is 6.72. The summed E-state index contributed by atoms with van der Waals surface area (Å²) in [5, 5.41) is 8.85. The topological polar surface area (TPSA) is 49.8 Å². The van der Waals surface area contributed by atoms with Crippen molar-refractivity contribution in [2.75, 3.05) is 26.8 Å². The average Bonchev–Trinajstić information content (AvgIpc) is 2.42. The average molecular weight is 263 g/mol. The van der Waals surface area contributed by atoms with E-state index in [9.17, 15) is 4.79 Å². The zero-order valence-electron chi connectivity index (χ0n) is 11.3. The molecule has 0 aliphatic carbocycles. The molecule has 1 saturated heterocycles. The number of benzene rings is 1. The number of hydrogen-bond donors (Lipinski definition) is 1. The second-order valence-corrected chi connectivity index (χ2v) is 5.18. The molecule has 1 fully saturated rings. The van der Waals surface area contributed by atoms with Gasteiger partial charge in [0.05, 0.1) is 5.56 Å². The molecule has 0 saturated carbocycles. The van der Waals surface area contributed by atoms with Crippen molar-refractivity contribution >= 4 is 5.97 Å². The molecule has 0 unspecified atom stereocenters. The van der Waals surface area contributed by atoms with Crippen molar-refractivity contribution in [1.29, 1.82) is 0 Å². The van der Waals surface area contributed by atoms with Gasteiger partial charge in [0, 0.05) is 20.3 Å². The summed E-state index contributed by atoms with van der Waals surface area (Å²) in [6.45, 7) is 3.95. The van der Waals surface area contributed by atoms with Crippen molar-refractivity contribution in [3.05, 3.63) is 35.4 Å². The molecule has 4 heteroatoms. The van der Waals surface area contributed by atoms with Crippen LogP contribution in [0.3, 0.4) is 0 Å². The monoisotopic (exact) mass is 263 g/mol. The molecule has 19 heavy (non-hydrogen) atoms. The Morgan fingerprint density at radius 2 is 1.95 bits per heavy atom. The molecule has 4 nitrogen and oxygen atoms in total.